The van der Waals surface area contributed by atoms with Crippen LogP contribution in [0.25, 0.3) is 0 Å². The molecule has 0 saturated heterocycles. The number of rotatable bonds is 7. The molecule has 3 aromatic carbocycles. The van der Waals surface area contributed by atoms with Gasteiger partial charge >= 0.3 is 0 Å². The van der Waals surface area contributed by atoms with Crippen molar-refractivity contribution in [3.8, 4) is 5.75 Å². The molecule has 0 bridgehead atoms. The standard InChI is InChI=1S/C23H20Cl2O4S/c1-15-6-9-19(10-7-15)30(27,28)23(17-8-11-20(24)21(25)13-17)14-22(26)16-4-3-5-18(12-16)29-2/h3-13,23H,14H2,1-2H3/t23-/m1/s1. The van der Waals surface area contributed by atoms with E-state index in [1.54, 1.807) is 54.6 Å². The molecule has 7 heteroatoms. The van der Waals surface area contributed by atoms with Gasteiger partial charge in [0.2, 0.25) is 0 Å². The molecule has 0 aliphatic heterocycles. The first kappa shape index (κ1) is 22.3. The van der Waals surface area contributed by atoms with Crippen LogP contribution >= 0.6 is 23.2 Å². The van der Waals surface area contributed by atoms with Crippen molar-refractivity contribution < 1.29 is 17.9 Å². The predicted octanol–water partition coefficient (Wildman–Crippen LogP) is 6.10. The Hall–Kier alpha value is -2.34. The van der Waals surface area contributed by atoms with Gasteiger partial charge < -0.3 is 4.74 Å². The number of hydrogen-bond donors (Lipinski definition) is 0. The SMILES string of the molecule is COc1cccc(C(=O)C[C@H](c2ccc(Cl)c(Cl)c2)S(=O)(=O)c2ccc(C)cc2)c1. The zero-order valence-corrected chi connectivity index (χ0v) is 18.8. The van der Waals surface area contributed by atoms with Gasteiger partial charge in [-0.05, 0) is 48.9 Å². The lowest BCUT2D eigenvalue weighted by Crippen LogP contribution is -2.18. The van der Waals surface area contributed by atoms with Crippen molar-refractivity contribution in [2.24, 2.45) is 0 Å². The molecule has 0 N–H and O–H groups in total. The van der Waals surface area contributed by atoms with Crippen LogP contribution in [0.1, 0.15) is 33.2 Å². The minimum Gasteiger partial charge on any atom is -0.497 e. The lowest BCUT2D eigenvalue weighted by atomic mass is 10.0. The van der Waals surface area contributed by atoms with Crippen molar-refractivity contribution in [2.75, 3.05) is 7.11 Å². The van der Waals surface area contributed by atoms with Gasteiger partial charge in [0.25, 0.3) is 0 Å². The predicted molar refractivity (Wildman–Crippen MR) is 120 cm³/mol. The summed E-state index contributed by atoms with van der Waals surface area (Å²) in [6.45, 7) is 1.87. The van der Waals surface area contributed by atoms with Gasteiger partial charge in [0.05, 0.1) is 27.3 Å². The second-order valence-electron chi connectivity index (χ2n) is 6.88. The number of sulfone groups is 1. The monoisotopic (exact) mass is 462 g/mol. The first-order valence-electron chi connectivity index (χ1n) is 9.15. The van der Waals surface area contributed by atoms with Crippen LogP contribution in [0.2, 0.25) is 10.0 Å². The van der Waals surface area contributed by atoms with Crippen LogP contribution in [0.4, 0.5) is 0 Å². The van der Waals surface area contributed by atoms with E-state index in [2.05, 4.69) is 0 Å². The lowest BCUT2D eigenvalue weighted by Gasteiger charge is -2.19. The largest absolute Gasteiger partial charge is 0.497 e. The zero-order valence-electron chi connectivity index (χ0n) is 16.4. The molecule has 4 nitrogen and oxygen atoms in total. The molecule has 3 rings (SSSR count). The normalized spacial score (nSPS) is 12.4. The van der Waals surface area contributed by atoms with E-state index in [0.717, 1.165) is 5.56 Å². The van der Waals surface area contributed by atoms with Gasteiger partial charge in [-0.15, -0.1) is 0 Å². The number of halogens is 2. The molecule has 0 aliphatic rings. The molecule has 0 fully saturated rings. The van der Waals surface area contributed by atoms with E-state index in [-0.39, 0.29) is 22.1 Å². The number of hydrogen-bond acceptors (Lipinski definition) is 4. The Kier molecular flexibility index (Phi) is 6.86. The summed E-state index contributed by atoms with van der Waals surface area (Å²) in [5.41, 5.74) is 1.72. The molecular formula is C23H20Cl2O4S. The van der Waals surface area contributed by atoms with Crippen molar-refractivity contribution in [3.05, 3.63) is 93.5 Å². The Morgan fingerprint density at radius 2 is 1.67 bits per heavy atom. The first-order chi connectivity index (χ1) is 14.2. The molecule has 0 radical (unpaired) electrons. The Bertz CT molecular complexity index is 1170. The average molecular weight is 463 g/mol. The van der Waals surface area contributed by atoms with Gasteiger partial charge in [-0.1, -0.05) is 59.1 Å². The number of carbonyl (C=O) groups excluding carboxylic acids is 1. The van der Waals surface area contributed by atoms with E-state index in [1.807, 2.05) is 6.92 Å². The number of aryl methyl sites for hydroxylation is 1. The van der Waals surface area contributed by atoms with E-state index in [4.69, 9.17) is 27.9 Å². The van der Waals surface area contributed by atoms with Crippen LogP contribution in [0.15, 0.2) is 71.6 Å². The minimum absolute atomic E-state index is 0.141. The van der Waals surface area contributed by atoms with Crippen molar-refractivity contribution in [2.45, 2.75) is 23.5 Å². The number of Topliss-reactive ketones (excluding diaryl/α,β-unsaturated/α-hetero) is 1. The number of ether oxygens (including phenoxy) is 1. The van der Waals surface area contributed by atoms with Gasteiger partial charge in [0.15, 0.2) is 15.6 Å². The minimum atomic E-state index is -3.87. The Labute approximate surface area is 186 Å². The summed E-state index contributed by atoms with van der Waals surface area (Å²) >= 11 is 12.1. The quantitative estimate of drug-likeness (QED) is 0.398. The Morgan fingerprint density at radius 1 is 0.967 bits per heavy atom. The molecule has 30 heavy (non-hydrogen) atoms. The summed E-state index contributed by atoms with van der Waals surface area (Å²) in [7, 11) is -2.37. The highest BCUT2D eigenvalue weighted by atomic mass is 35.5. The topological polar surface area (TPSA) is 60.4 Å². The van der Waals surface area contributed by atoms with E-state index in [9.17, 15) is 13.2 Å². The van der Waals surface area contributed by atoms with Crippen LogP contribution in [0, 0.1) is 6.92 Å². The van der Waals surface area contributed by atoms with Crippen molar-refractivity contribution in [1.29, 1.82) is 0 Å². The third kappa shape index (κ3) is 4.86. The molecule has 0 aliphatic carbocycles. The molecule has 0 saturated carbocycles. The van der Waals surface area contributed by atoms with Crippen molar-refractivity contribution in [3.63, 3.8) is 0 Å². The fraction of sp³-hybridized carbons (Fsp3) is 0.174. The van der Waals surface area contributed by atoms with Crippen molar-refractivity contribution >= 4 is 38.8 Å². The van der Waals surface area contributed by atoms with Crippen LogP contribution in [-0.2, 0) is 9.84 Å². The number of methoxy groups -OCH3 is 1. The molecule has 0 heterocycles. The third-order valence-electron chi connectivity index (χ3n) is 4.80. The Morgan fingerprint density at radius 3 is 2.30 bits per heavy atom. The summed E-state index contributed by atoms with van der Waals surface area (Å²) in [6.07, 6.45) is -0.249. The summed E-state index contributed by atoms with van der Waals surface area (Å²) in [4.78, 5) is 13.1. The maximum absolute atomic E-state index is 13.5. The molecule has 156 valence electrons. The van der Waals surface area contributed by atoms with E-state index in [1.165, 1.54) is 19.2 Å². The number of benzene rings is 3. The van der Waals surface area contributed by atoms with Crippen LogP contribution in [-0.4, -0.2) is 21.3 Å². The van der Waals surface area contributed by atoms with Gasteiger partial charge in [-0.2, -0.15) is 0 Å². The smallest absolute Gasteiger partial charge is 0.185 e. The highest BCUT2D eigenvalue weighted by Crippen LogP contribution is 2.36. The van der Waals surface area contributed by atoms with Crippen LogP contribution in [0.3, 0.4) is 0 Å². The van der Waals surface area contributed by atoms with Crippen LogP contribution in [0.5, 0.6) is 5.75 Å². The molecule has 0 spiro atoms. The Balaban J connectivity index is 2.06. The average Bonchev–Trinajstić information content (AvgIpc) is 2.74. The number of ketones is 1. The van der Waals surface area contributed by atoms with Gasteiger partial charge in [-0.3, -0.25) is 4.79 Å². The van der Waals surface area contributed by atoms with E-state index >= 15 is 0 Å². The van der Waals surface area contributed by atoms with Gasteiger partial charge in [0.1, 0.15) is 5.75 Å². The molecule has 0 aromatic heterocycles. The van der Waals surface area contributed by atoms with Crippen molar-refractivity contribution in [1.82, 2.24) is 0 Å². The molecular weight excluding hydrogens is 443 g/mol. The molecule has 0 amide bonds. The van der Waals surface area contributed by atoms with Gasteiger partial charge in [-0.25, -0.2) is 8.42 Å². The molecule has 0 unspecified atom stereocenters. The first-order valence-corrected chi connectivity index (χ1v) is 11.5. The summed E-state index contributed by atoms with van der Waals surface area (Å²) in [5, 5.41) is -0.577. The van der Waals surface area contributed by atoms with E-state index < -0.39 is 15.1 Å². The number of carbonyl (C=O) groups is 1. The summed E-state index contributed by atoms with van der Waals surface area (Å²) in [5.74, 6) is 0.203. The lowest BCUT2D eigenvalue weighted by molar-refractivity contribution is 0.0980. The fourth-order valence-corrected chi connectivity index (χ4v) is 5.12. The molecule has 1 atom stereocenters. The molecule has 3 aromatic rings. The second kappa shape index (κ2) is 9.21. The maximum atomic E-state index is 13.5. The summed E-state index contributed by atoms with van der Waals surface area (Å²) in [6, 6.07) is 17.8. The van der Waals surface area contributed by atoms with Gasteiger partial charge in [0, 0.05) is 12.0 Å². The van der Waals surface area contributed by atoms with Crippen LogP contribution < -0.4 is 4.74 Å². The van der Waals surface area contributed by atoms with E-state index in [0.29, 0.717) is 21.9 Å². The zero-order chi connectivity index (χ0) is 21.9. The third-order valence-corrected chi connectivity index (χ3v) is 7.66. The highest BCUT2D eigenvalue weighted by molar-refractivity contribution is 7.91. The second-order valence-corrected chi connectivity index (χ2v) is 9.82. The maximum Gasteiger partial charge on any atom is 0.185 e. The summed E-state index contributed by atoms with van der Waals surface area (Å²) < 4.78 is 32.1. The fourth-order valence-electron chi connectivity index (χ4n) is 3.09. The highest BCUT2D eigenvalue weighted by Gasteiger charge is 2.32.